The maximum absolute atomic E-state index is 5.89. The summed E-state index contributed by atoms with van der Waals surface area (Å²) in [5, 5.41) is 10.2. The van der Waals surface area contributed by atoms with E-state index < -0.39 is 0 Å². The van der Waals surface area contributed by atoms with Crippen molar-refractivity contribution in [2.24, 2.45) is 0 Å². The van der Waals surface area contributed by atoms with Crippen LogP contribution in [0.3, 0.4) is 0 Å². The predicted molar refractivity (Wildman–Crippen MR) is 93.4 cm³/mol. The summed E-state index contributed by atoms with van der Waals surface area (Å²) >= 11 is 5.16. The number of rotatable bonds is 4. The molecule has 0 spiro atoms. The van der Waals surface area contributed by atoms with Gasteiger partial charge in [-0.15, -0.1) is 0 Å². The topological polar surface area (TPSA) is 46.4 Å². The van der Waals surface area contributed by atoms with Crippen molar-refractivity contribution < 1.29 is 9.15 Å². The van der Waals surface area contributed by atoms with E-state index in [1.54, 1.807) is 7.11 Å². The van der Waals surface area contributed by atoms with Crippen LogP contribution in [0.1, 0.15) is 12.7 Å². The third kappa shape index (κ3) is 2.85. The van der Waals surface area contributed by atoms with Gasteiger partial charge in [0.25, 0.3) is 0 Å². The van der Waals surface area contributed by atoms with E-state index in [-0.39, 0.29) is 0 Å². The SMILES string of the molecule is CCNC(=S)NCc1cc2c(ccc3ccc(OC)cc32)o1. The van der Waals surface area contributed by atoms with Crippen LogP contribution in [-0.4, -0.2) is 18.8 Å². The van der Waals surface area contributed by atoms with Crippen LogP contribution in [0.4, 0.5) is 0 Å². The molecule has 4 nitrogen and oxygen atoms in total. The van der Waals surface area contributed by atoms with Crippen molar-refractivity contribution in [3.05, 3.63) is 42.2 Å². The Hall–Kier alpha value is -2.27. The fourth-order valence-corrected chi connectivity index (χ4v) is 2.69. The summed E-state index contributed by atoms with van der Waals surface area (Å²) in [6.45, 7) is 3.37. The van der Waals surface area contributed by atoms with Crippen LogP contribution in [0.2, 0.25) is 0 Å². The maximum atomic E-state index is 5.89. The van der Waals surface area contributed by atoms with E-state index >= 15 is 0 Å². The Kier molecular flexibility index (Phi) is 4.15. The molecule has 0 aliphatic heterocycles. The Labute approximate surface area is 134 Å². The molecular weight excluding hydrogens is 296 g/mol. The molecule has 0 fully saturated rings. The van der Waals surface area contributed by atoms with Crippen LogP contribution < -0.4 is 15.4 Å². The number of furan rings is 1. The summed E-state index contributed by atoms with van der Waals surface area (Å²) in [4.78, 5) is 0. The van der Waals surface area contributed by atoms with Crippen molar-refractivity contribution in [1.82, 2.24) is 10.6 Å². The quantitative estimate of drug-likeness (QED) is 0.721. The Morgan fingerprint density at radius 3 is 2.73 bits per heavy atom. The number of benzene rings is 2. The van der Waals surface area contributed by atoms with Gasteiger partial charge in [0.15, 0.2) is 5.11 Å². The lowest BCUT2D eigenvalue weighted by Gasteiger charge is -2.06. The average Bonchev–Trinajstić information content (AvgIpc) is 2.96. The van der Waals surface area contributed by atoms with E-state index in [0.29, 0.717) is 11.7 Å². The summed E-state index contributed by atoms with van der Waals surface area (Å²) in [7, 11) is 1.67. The van der Waals surface area contributed by atoms with Crippen molar-refractivity contribution in [2.45, 2.75) is 13.5 Å². The Bertz CT molecular complexity index is 826. The number of hydrogen-bond acceptors (Lipinski definition) is 3. The number of thiocarbonyl (C=S) groups is 1. The van der Waals surface area contributed by atoms with Gasteiger partial charge in [0.2, 0.25) is 0 Å². The lowest BCUT2D eigenvalue weighted by molar-refractivity contribution is 0.415. The highest BCUT2D eigenvalue weighted by molar-refractivity contribution is 7.80. The van der Waals surface area contributed by atoms with E-state index in [0.717, 1.165) is 39.8 Å². The minimum Gasteiger partial charge on any atom is -0.497 e. The average molecular weight is 314 g/mol. The Morgan fingerprint density at radius 1 is 1.14 bits per heavy atom. The molecule has 0 saturated carbocycles. The molecule has 0 bridgehead atoms. The summed E-state index contributed by atoms with van der Waals surface area (Å²) < 4.78 is 11.2. The Morgan fingerprint density at radius 2 is 1.95 bits per heavy atom. The highest BCUT2D eigenvalue weighted by Gasteiger charge is 2.08. The molecule has 0 aliphatic carbocycles. The summed E-state index contributed by atoms with van der Waals surface area (Å²) in [5.41, 5.74) is 0.868. The van der Waals surface area contributed by atoms with Crippen LogP contribution in [0.5, 0.6) is 5.75 Å². The van der Waals surface area contributed by atoms with Gasteiger partial charge in [0, 0.05) is 11.9 Å². The van der Waals surface area contributed by atoms with Gasteiger partial charge in [-0.25, -0.2) is 0 Å². The summed E-state index contributed by atoms with van der Waals surface area (Å²) in [6.07, 6.45) is 0. The summed E-state index contributed by atoms with van der Waals surface area (Å²) in [6, 6.07) is 12.2. The first-order valence-electron chi connectivity index (χ1n) is 7.22. The second-order valence-electron chi connectivity index (χ2n) is 4.99. The molecule has 0 atom stereocenters. The second-order valence-corrected chi connectivity index (χ2v) is 5.40. The standard InChI is InChI=1S/C17H18N2O2S/c1-3-18-17(22)19-10-13-9-15-14-8-12(20-2)6-4-11(14)5-7-16(15)21-13/h4-9H,3,10H2,1-2H3,(H2,18,19,22). The first-order chi connectivity index (χ1) is 10.7. The molecule has 0 aliphatic rings. The minimum atomic E-state index is 0.561. The fourth-order valence-electron chi connectivity index (χ4n) is 2.48. The van der Waals surface area contributed by atoms with Crippen LogP contribution in [0, 0.1) is 0 Å². The zero-order chi connectivity index (χ0) is 15.5. The highest BCUT2D eigenvalue weighted by atomic mass is 32.1. The van der Waals surface area contributed by atoms with Gasteiger partial charge in [-0.3, -0.25) is 0 Å². The van der Waals surface area contributed by atoms with E-state index in [4.69, 9.17) is 21.4 Å². The van der Waals surface area contributed by atoms with Crippen molar-refractivity contribution >= 4 is 39.1 Å². The number of methoxy groups -OCH3 is 1. The Balaban J connectivity index is 1.94. The number of fused-ring (bicyclic) bond motifs is 3. The van der Waals surface area contributed by atoms with Gasteiger partial charge in [0.05, 0.1) is 13.7 Å². The molecule has 0 amide bonds. The smallest absolute Gasteiger partial charge is 0.166 e. The largest absolute Gasteiger partial charge is 0.497 e. The lowest BCUT2D eigenvalue weighted by Crippen LogP contribution is -2.34. The third-order valence-electron chi connectivity index (χ3n) is 3.54. The first kappa shape index (κ1) is 14.7. The zero-order valence-corrected chi connectivity index (χ0v) is 13.4. The monoisotopic (exact) mass is 314 g/mol. The van der Waals surface area contributed by atoms with Gasteiger partial charge >= 0.3 is 0 Å². The molecule has 0 radical (unpaired) electrons. The molecule has 3 aromatic rings. The van der Waals surface area contributed by atoms with Crippen LogP contribution >= 0.6 is 12.2 Å². The summed E-state index contributed by atoms with van der Waals surface area (Å²) in [5.74, 6) is 1.69. The number of ether oxygens (including phenoxy) is 1. The van der Waals surface area contributed by atoms with Gasteiger partial charge in [-0.2, -0.15) is 0 Å². The maximum Gasteiger partial charge on any atom is 0.166 e. The molecular formula is C17H18N2O2S. The van der Waals surface area contributed by atoms with Crippen molar-refractivity contribution in [3.8, 4) is 5.75 Å². The van der Waals surface area contributed by atoms with Gasteiger partial charge in [-0.05, 0) is 54.2 Å². The molecule has 1 heterocycles. The van der Waals surface area contributed by atoms with Crippen LogP contribution in [0.25, 0.3) is 21.7 Å². The normalized spacial score (nSPS) is 10.8. The minimum absolute atomic E-state index is 0.561. The van der Waals surface area contributed by atoms with E-state index in [9.17, 15) is 0 Å². The molecule has 1 aromatic heterocycles. The van der Waals surface area contributed by atoms with E-state index in [2.05, 4.69) is 28.8 Å². The van der Waals surface area contributed by atoms with Crippen LogP contribution in [-0.2, 0) is 6.54 Å². The molecule has 0 unspecified atom stereocenters. The predicted octanol–water partition coefficient (Wildman–Crippen LogP) is 3.58. The molecule has 22 heavy (non-hydrogen) atoms. The molecule has 0 saturated heterocycles. The van der Waals surface area contributed by atoms with Gasteiger partial charge in [-0.1, -0.05) is 12.1 Å². The zero-order valence-electron chi connectivity index (χ0n) is 12.6. The third-order valence-corrected chi connectivity index (χ3v) is 3.83. The van der Waals surface area contributed by atoms with E-state index in [1.807, 2.05) is 25.1 Å². The lowest BCUT2D eigenvalue weighted by atomic mass is 10.1. The van der Waals surface area contributed by atoms with Crippen LogP contribution in [0.15, 0.2) is 40.8 Å². The van der Waals surface area contributed by atoms with E-state index in [1.165, 1.54) is 0 Å². The molecule has 114 valence electrons. The van der Waals surface area contributed by atoms with Crippen molar-refractivity contribution in [3.63, 3.8) is 0 Å². The number of hydrogen-bond donors (Lipinski definition) is 2. The van der Waals surface area contributed by atoms with Gasteiger partial charge in [0.1, 0.15) is 17.1 Å². The molecule has 2 aromatic carbocycles. The fraction of sp³-hybridized carbons (Fsp3) is 0.235. The second kappa shape index (κ2) is 6.23. The molecule has 2 N–H and O–H groups in total. The molecule has 5 heteroatoms. The van der Waals surface area contributed by atoms with Crippen molar-refractivity contribution in [2.75, 3.05) is 13.7 Å². The molecule has 3 rings (SSSR count). The van der Waals surface area contributed by atoms with Crippen molar-refractivity contribution in [1.29, 1.82) is 0 Å². The number of nitrogens with one attached hydrogen (secondary N) is 2. The first-order valence-corrected chi connectivity index (χ1v) is 7.63. The van der Waals surface area contributed by atoms with Gasteiger partial charge < -0.3 is 19.8 Å². The highest BCUT2D eigenvalue weighted by Crippen LogP contribution is 2.30.